The standard InChI is InChI=1S/C62H41N/c1-4-17-41(18-5-1)44-31-35-47(36-32-44)63-59-30-16-26-51-50-25-12-15-29-54(50)62(60(51)59)56-38-34-45(42-19-6-2-7-20-42)39-57(56)61(52-27-13-10-23-48(52)49-24-11-14-28-53(49)61)55-37-33-46(40-58(55)62)43-21-8-3-9-22-43/h1-40,63H. The van der Waals surface area contributed by atoms with Crippen molar-refractivity contribution in [3.63, 3.8) is 0 Å². The van der Waals surface area contributed by atoms with Crippen molar-refractivity contribution in [3.05, 3.63) is 287 Å². The van der Waals surface area contributed by atoms with E-state index >= 15 is 0 Å². The Morgan fingerprint density at radius 2 is 0.619 bits per heavy atom. The zero-order chi connectivity index (χ0) is 41.5. The highest BCUT2D eigenvalue weighted by Gasteiger charge is 2.59. The Balaban J connectivity index is 1.16. The molecule has 1 unspecified atom stereocenters. The highest BCUT2D eigenvalue weighted by Crippen LogP contribution is 2.69. The molecule has 0 saturated heterocycles. The van der Waals surface area contributed by atoms with E-state index in [1.54, 1.807) is 0 Å². The van der Waals surface area contributed by atoms with Crippen LogP contribution in [0, 0.1) is 0 Å². The minimum atomic E-state index is -0.679. The molecule has 0 fully saturated rings. The van der Waals surface area contributed by atoms with Gasteiger partial charge in [-0.25, -0.2) is 0 Å². The van der Waals surface area contributed by atoms with Crippen LogP contribution in [0.3, 0.4) is 0 Å². The molecule has 1 N–H and O–H groups in total. The lowest BCUT2D eigenvalue weighted by Gasteiger charge is -2.49. The third-order valence-corrected chi connectivity index (χ3v) is 14.2. The highest BCUT2D eigenvalue weighted by atomic mass is 14.9. The van der Waals surface area contributed by atoms with Gasteiger partial charge in [-0.05, 0) is 125 Å². The van der Waals surface area contributed by atoms with Crippen LogP contribution in [-0.2, 0) is 10.8 Å². The van der Waals surface area contributed by atoms with Crippen molar-refractivity contribution >= 4 is 11.4 Å². The quantitative estimate of drug-likeness (QED) is 0.183. The van der Waals surface area contributed by atoms with Crippen LogP contribution >= 0.6 is 0 Å². The normalized spacial score (nSPS) is 15.5. The number of hydrogen-bond acceptors (Lipinski definition) is 1. The van der Waals surface area contributed by atoms with Crippen molar-refractivity contribution in [2.75, 3.05) is 5.32 Å². The average molecular weight is 800 g/mol. The van der Waals surface area contributed by atoms with Gasteiger partial charge in [-0.2, -0.15) is 0 Å². The molecule has 13 rings (SSSR count). The third kappa shape index (κ3) is 4.99. The van der Waals surface area contributed by atoms with Crippen LogP contribution in [-0.4, -0.2) is 0 Å². The maximum atomic E-state index is 4.03. The molecule has 10 aromatic rings. The molecule has 0 amide bonds. The van der Waals surface area contributed by atoms with Gasteiger partial charge >= 0.3 is 0 Å². The second-order valence-electron chi connectivity index (χ2n) is 17.2. The molecule has 0 radical (unpaired) electrons. The van der Waals surface area contributed by atoms with Gasteiger partial charge in [0.05, 0.1) is 10.8 Å². The molecule has 1 heteroatoms. The number of anilines is 2. The van der Waals surface area contributed by atoms with Gasteiger partial charge in [0.25, 0.3) is 0 Å². The highest BCUT2D eigenvalue weighted by molar-refractivity contribution is 5.97. The number of fused-ring (bicyclic) bond motifs is 16. The Kier molecular flexibility index (Phi) is 7.80. The van der Waals surface area contributed by atoms with Gasteiger partial charge in [0.1, 0.15) is 0 Å². The molecule has 1 atom stereocenters. The van der Waals surface area contributed by atoms with Crippen molar-refractivity contribution in [1.29, 1.82) is 0 Å². The summed E-state index contributed by atoms with van der Waals surface area (Å²) in [5, 5.41) is 4.03. The van der Waals surface area contributed by atoms with E-state index in [1.165, 1.54) is 100 Å². The number of benzene rings is 10. The molecule has 0 aromatic heterocycles. The summed E-state index contributed by atoms with van der Waals surface area (Å²) >= 11 is 0. The molecule has 63 heavy (non-hydrogen) atoms. The summed E-state index contributed by atoms with van der Waals surface area (Å²) in [6.07, 6.45) is 0. The Hall–Kier alpha value is -8.00. The predicted molar refractivity (Wildman–Crippen MR) is 261 cm³/mol. The molecule has 0 heterocycles. The molecular weight excluding hydrogens is 759 g/mol. The molecule has 0 aliphatic heterocycles. The van der Waals surface area contributed by atoms with Gasteiger partial charge in [0.2, 0.25) is 0 Å². The van der Waals surface area contributed by atoms with Crippen molar-refractivity contribution in [2.45, 2.75) is 10.8 Å². The van der Waals surface area contributed by atoms with E-state index in [0.717, 1.165) is 11.4 Å². The minimum absolute atomic E-state index is 0.587. The second-order valence-corrected chi connectivity index (χ2v) is 17.2. The Morgan fingerprint density at radius 3 is 1.16 bits per heavy atom. The van der Waals surface area contributed by atoms with E-state index in [9.17, 15) is 0 Å². The molecule has 0 bridgehead atoms. The van der Waals surface area contributed by atoms with Crippen LogP contribution < -0.4 is 5.32 Å². The van der Waals surface area contributed by atoms with E-state index in [-0.39, 0.29) is 0 Å². The SMILES string of the molecule is c1ccc(-c2ccc(Nc3cccc4c3C3(c5ccccc5-4)c4ccc(-c5ccccc5)cc4C4(c5ccccc5-c5ccccc54)c4ccc(-c5ccccc5)cc43)cc2)cc1. The van der Waals surface area contributed by atoms with Gasteiger partial charge in [0.15, 0.2) is 0 Å². The first-order chi connectivity index (χ1) is 31.2. The van der Waals surface area contributed by atoms with Gasteiger partial charge in [0, 0.05) is 16.9 Å². The summed E-state index contributed by atoms with van der Waals surface area (Å²) in [7, 11) is 0. The summed E-state index contributed by atoms with van der Waals surface area (Å²) in [5.41, 5.74) is 23.8. The second kappa shape index (κ2) is 13.8. The van der Waals surface area contributed by atoms with Crippen molar-refractivity contribution in [2.24, 2.45) is 0 Å². The summed E-state index contributed by atoms with van der Waals surface area (Å²) in [6, 6.07) is 90.5. The van der Waals surface area contributed by atoms with Crippen LogP contribution in [0.5, 0.6) is 0 Å². The lowest BCUT2D eigenvalue weighted by atomic mass is 9.52. The van der Waals surface area contributed by atoms with E-state index in [1.807, 2.05) is 0 Å². The molecule has 10 aromatic carbocycles. The fourth-order valence-electron chi connectivity index (χ4n) is 11.6. The molecule has 0 saturated carbocycles. The zero-order valence-electron chi connectivity index (χ0n) is 34.6. The number of rotatable bonds is 5. The van der Waals surface area contributed by atoms with Gasteiger partial charge in [-0.3, -0.25) is 0 Å². The molecular formula is C62H41N. The fourth-order valence-corrected chi connectivity index (χ4v) is 11.6. The maximum absolute atomic E-state index is 4.03. The maximum Gasteiger partial charge on any atom is 0.0740 e. The molecule has 294 valence electrons. The third-order valence-electron chi connectivity index (χ3n) is 14.2. The van der Waals surface area contributed by atoms with Gasteiger partial charge < -0.3 is 5.32 Å². The monoisotopic (exact) mass is 799 g/mol. The molecule has 3 aliphatic rings. The van der Waals surface area contributed by atoms with Crippen LogP contribution in [0.15, 0.2) is 243 Å². The fraction of sp³-hybridized carbons (Fsp3) is 0.0323. The van der Waals surface area contributed by atoms with Crippen molar-refractivity contribution in [3.8, 4) is 55.6 Å². The van der Waals surface area contributed by atoms with Crippen molar-refractivity contribution in [1.82, 2.24) is 0 Å². The van der Waals surface area contributed by atoms with E-state index in [4.69, 9.17) is 0 Å². The number of nitrogens with one attached hydrogen (secondary N) is 1. The average Bonchev–Trinajstić information content (AvgIpc) is 3.83. The summed E-state index contributed by atoms with van der Waals surface area (Å²) < 4.78 is 0. The largest absolute Gasteiger partial charge is 0.355 e. The smallest absolute Gasteiger partial charge is 0.0740 e. The van der Waals surface area contributed by atoms with Crippen LogP contribution in [0.2, 0.25) is 0 Å². The van der Waals surface area contributed by atoms with Crippen molar-refractivity contribution < 1.29 is 0 Å². The summed E-state index contributed by atoms with van der Waals surface area (Å²) in [4.78, 5) is 0. The van der Waals surface area contributed by atoms with Crippen LogP contribution in [0.4, 0.5) is 11.4 Å². The first-order valence-corrected chi connectivity index (χ1v) is 22.0. The summed E-state index contributed by atoms with van der Waals surface area (Å²) in [6.45, 7) is 0. The van der Waals surface area contributed by atoms with Crippen LogP contribution in [0.25, 0.3) is 55.6 Å². The zero-order valence-corrected chi connectivity index (χ0v) is 34.6. The first kappa shape index (κ1) is 35.7. The van der Waals surface area contributed by atoms with E-state index in [2.05, 4.69) is 248 Å². The van der Waals surface area contributed by atoms with Gasteiger partial charge in [-0.15, -0.1) is 0 Å². The van der Waals surface area contributed by atoms with E-state index in [0.29, 0.717) is 0 Å². The van der Waals surface area contributed by atoms with Crippen LogP contribution in [0.1, 0.15) is 44.5 Å². The first-order valence-electron chi connectivity index (χ1n) is 22.0. The molecule has 2 spiro atoms. The predicted octanol–water partition coefficient (Wildman–Crippen LogP) is 15.5. The molecule has 1 nitrogen and oxygen atoms in total. The lowest BCUT2D eigenvalue weighted by molar-refractivity contribution is 0.634. The van der Waals surface area contributed by atoms with Gasteiger partial charge in [-0.1, -0.05) is 212 Å². The number of hydrogen-bond donors (Lipinski definition) is 1. The summed E-state index contributed by atoms with van der Waals surface area (Å²) in [5.74, 6) is 0. The molecule has 3 aliphatic carbocycles. The lowest BCUT2D eigenvalue weighted by Crippen LogP contribution is -2.44. The minimum Gasteiger partial charge on any atom is -0.355 e. The Bertz CT molecular complexity index is 3360. The Labute approximate surface area is 368 Å². The Morgan fingerprint density at radius 1 is 0.238 bits per heavy atom. The van der Waals surface area contributed by atoms with E-state index < -0.39 is 10.8 Å². The topological polar surface area (TPSA) is 12.0 Å².